The number of ether oxygens (including phenoxy) is 2. The number of hydrogen-bond acceptors (Lipinski definition) is 5. The average Bonchev–Trinajstić information content (AvgIpc) is 3.12. The lowest BCUT2D eigenvalue weighted by Gasteiger charge is -2.27. The first-order valence-corrected chi connectivity index (χ1v) is 9.53. The van der Waals surface area contributed by atoms with E-state index in [1.165, 1.54) is 10.4 Å². The third kappa shape index (κ3) is 3.61. The molecule has 8 heteroatoms. The largest absolute Gasteiger partial charge is 0.379 e. The molecular formula is C16H22N2O5S. The van der Waals surface area contributed by atoms with Crippen LogP contribution in [0.25, 0.3) is 0 Å². The Morgan fingerprint density at radius 1 is 1.25 bits per heavy atom. The summed E-state index contributed by atoms with van der Waals surface area (Å²) >= 11 is 0. The lowest BCUT2D eigenvalue weighted by molar-refractivity contribution is -0.124. The Hall–Kier alpha value is -1.48. The summed E-state index contributed by atoms with van der Waals surface area (Å²) in [7, 11) is -3.60. The van der Waals surface area contributed by atoms with Gasteiger partial charge in [0.1, 0.15) is 6.10 Å². The number of nitrogens with one attached hydrogen (secondary N) is 1. The molecule has 0 aromatic heterocycles. The van der Waals surface area contributed by atoms with E-state index in [-0.39, 0.29) is 10.8 Å². The van der Waals surface area contributed by atoms with Crippen LogP contribution < -0.4 is 5.32 Å². The Bertz CT molecular complexity index is 707. The fourth-order valence-electron chi connectivity index (χ4n) is 2.89. The van der Waals surface area contributed by atoms with Crippen molar-refractivity contribution in [2.45, 2.75) is 30.8 Å². The average molecular weight is 354 g/mol. The Kier molecular flexibility index (Phi) is 5.19. The molecular weight excluding hydrogens is 332 g/mol. The van der Waals surface area contributed by atoms with Gasteiger partial charge in [0, 0.05) is 25.4 Å². The van der Waals surface area contributed by atoms with Crippen molar-refractivity contribution in [1.82, 2.24) is 4.31 Å². The van der Waals surface area contributed by atoms with Crippen molar-refractivity contribution in [1.29, 1.82) is 0 Å². The highest BCUT2D eigenvalue weighted by molar-refractivity contribution is 7.89. The van der Waals surface area contributed by atoms with Gasteiger partial charge in [-0.05, 0) is 37.5 Å². The molecule has 7 nitrogen and oxygen atoms in total. The Morgan fingerprint density at radius 3 is 2.67 bits per heavy atom. The minimum Gasteiger partial charge on any atom is -0.379 e. The summed E-state index contributed by atoms with van der Waals surface area (Å²) < 4.78 is 37.7. The molecule has 3 rings (SSSR count). The molecule has 132 valence electrons. The predicted octanol–water partition coefficient (Wildman–Crippen LogP) is 1.13. The lowest BCUT2D eigenvalue weighted by atomic mass is 10.2. The SMILES string of the molecule is Cc1ccc(NC(=O)C2CCCO2)cc1S(=O)(=O)N1CCOCC1. The van der Waals surface area contributed by atoms with Gasteiger partial charge in [-0.2, -0.15) is 4.31 Å². The predicted molar refractivity (Wildman–Crippen MR) is 88.4 cm³/mol. The molecule has 0 radical (unpaired) electrons. The number of amides is 1. The maximum absolute atomic E-state index is 12.8. The zero-order chi connectivity index (χ0) is 17.2. The van der Waals surface area contributed by atoms with Crippen LogP contribution in [0.4, 0.5) is 5.69 Å². The molecule has 1 unspecified atom stereocenters. The van der Waals surface area contributed by atoms with Crippen molar-refractivity contribution in [3.8, 4) is 0 Å². The number of anilines is 1. The molecule has 0 bridgehead atoms. The molecule has 2 aliphatic heterocycles. The molecule has 1 N–H and O–H groups in total. The molecule has 0 aliphatic carbocycles. The number of carbonyl (C=O) groups excluding carboxylic acids is 1. The maximum Gasteiger partial charge on any atom is 0.253 e. The number of sulfonamides is 1. The summed E-state index contributed by atoms with van der Waals surface area (Å²) in [6, 6.07) is 4.94. The van der Waals surface area contributed by atoms with E-state index in [4.69, 9.17) is 9.47 Å². The van der Waals surface area contributed by atoms with Crippen molar-refractivity contribution < 1.29 is 22.7 Å². The summed E-state index contributed by atoms with van der Waals surface area (Å²) in [5, 5.41) is 2.75. The van der Waals surface area contributed by atoms with Crippen LogP contribution in [-0.4, -0.2) is 57.6 Å². The minimum absolute atomic E-state index is 0.217. The van der Waals surface area contributed by atoms with Crippen LogP contribution in [0, 0.1) is 6.92 Å². The number of rotatable bonds is 4. The highest BCUT2D eigenvalue weighted by Gasteiger charge is 2.29. The molecule has 1 amide bonds. The standard InChI is InChI=1S/C16H22N2O5S/c1-12-4-5-13(17-16(19)14-3-2-8-23-14)11-15(12)24(20,21)18-6-9-22-10-7-18/h4-5,11,14H,2-3,6-10H2,1H3,(H,17,19). The number of carbonyl (C=O) groups is 1. The van der Waals surface area contributed by atoms with Crippen molar-refractivity contribution in [2.24, 2.45) is 0 Å². The first kappa shape index (κ1) is 17.3. The summed E-state index contributed by atoms with van der Waals surface area (Å²) in [6.07, 6.45) is 1.10. The van der Waals surface area contributed by atoms with E-state index in [9.17, 15) is 13.2 Å². The Labute approximate surface area is 142 Å². The lowest BCUT2D eigenvalue weighted by Crippen LogP contribution is -2.40. The normalized spacial score (nSPS) is 22.5. The minimum atomic E-state index is -3.60. The molecule has 2 saturated heterocycles. The summed E-state index contributed by atoms with van der Waals surface area (Å²) in [5.41, 5.74) is 1.12. The van der Waals surface area contributed by atoms with Crippen LogP contribution in [-0.2, 0) is 24.3 Å². The fraction of sp³-hybridized carbons (Fsp3) is 0.562. The smallest absolute Gasteiger partial charge is 0.253 e. The second-order valence-corrected chi connectivity index (χ2v) is 7.89. The number of aryl methyl sites for hydroxylation is 1. The van der Waals surface area contributed by atoms with Gasteiger partial charge in [0.15, 0.2) is 0 Å². The van der Waals surface area contributed by atoms with Gasteiger partial charge in [-0.3, -0.25) is 4.79 Å². The third-order valence-electron chi connectivity index (χ3n) is 4.27. The Balaban J connectivity index is 1.81. The monoisotopic (exact) mass is 354 g/mol. The van der Waals surface area contributed by atoms with Crippen LogP contribution in [0.1, 0.15) is 18.4 Å². The number of nitrogens with zero attached hydrogens (tertiary/aromatic N) is 1. The van der Waals surface area contributed by atoms with Gasteiger partial charge in [-0.15, -0.1) is 0 Å². The van der Waals surface area contributed by atoms with Crippen molar-refractivity contribution >= 4 is 21.6 Å². The zero-order valence-electron chi connectivity index (χ0n) is 13.7. The van der Waals surface area contributed by atoms with E-state index in [2.05, 4.69) is 5.32 Å². The van der Waals surface area contributed by atoms with Gasteiger partial charge < -0.3 is 14.8 Å². The first-order chi connectivity index (χ1) is 11.5. The van der Waals surface area contributed by atoms with Crippen LogP contribution in [0.3, 0.4) is 0 Å². The van der Waals surface area contributed by atoms with Crippen LogP contribution >= 0.6 is 0 Å². The van der Waals surface area contributed by atoms with Gasteiger partial charge in [0.05, 0.1) is 18.1 Å². The van der Waals surface area contributed by atoms with Crippen molar-refractivity contribution in [3.05, 3.63) is 23.8 Å². The molecule has 2 aliphatic rings. The van der Waals surface area contributed by atoms with Gasteiger partial charge in [0.25, 0.3) is 5.91 Å². The molecule has 2 fully saturated rings. The quantitative estimate of drug-likeness (QED) is 0.876. The topological polar surface area (TPSA) is 84.9 Å². The second kappa shape index (κ2) is 7.18. The summed E-state index contributed by atoms with van der Waals surface area (Å²) in [4.78, 5) is 12.4. The third-order valence-corrected chi connectivity index (χ3v) is 6.31. The van der Waals surface area contributed by atoms with Gasteiger partial charge >= 0.3 is 0 Å². The molecule has 0 spiro atoms. The maximum atomic E-state index is 12.8. The molecule has 2 heterocycles. The molecule has 1 aromatic carbocycles. The van der Waals surface area contributed by atoms with Crippen LogP contribution in [0.15, 0.2) is 23.1 Å². The summed E-state index contributed by atoms with van der Waals surface area (Å²) in [6.45, 7) is 3.81. The van der Waals surface area contributed by atoms with Crippen molar-refractivity contribution in [3.63, 3.8) is 0 Å². The van der Waals surface area contributed by atoms with E-state index in [0.29, 0.717) is 50.6 Å². The molecule has 1 aromatic rings. The summed E-state index contributed by atoms with van der Waals surface area (Å²) in [5.74, 6) is -0.230. The number of benzene rings is 1. The fourth-order valence-corrected chi connectivity index (χ4v) is 4.55. The van der Waals surface area contributed by atoms with Crippen LogP contribution in [0.5, 0.6) is 0 Å². The number of hydrogen-bond donors (Lipinski definition) is 1. The van der Waals surface area contributed by atoms with E-state index in [1.807, 2.05) is 0 Å². The molecule has 1 atom stereocenters. The van der Waals surface area contributed by atoms with Gasteiger partial charge in [-0.25, -0.2) is 8.42 Å². The van der Waals surface area contributed by atoms with E-state index < -0.39 is 16.1 Å². The van der Waals surface area contributed by atoms with Gasteiger partial charge in [-0.1, -0.05) is 6.07 Å². The van der Waals surface area contributed by atoms with E-state index >= 15 is 0 Å². The molecule has 24 heavy (non-hydrogen) atoms. The molecule has 0 saturated carbocycles. The first-order valence-electron chi connectivity index (χ1n) is 8.09. The highest BCUT2D eigenvalue weighted by Crippen LogP contribution is 2.25. The van der Waals surface area contributed by atoms with Crippen molar-refractivity contribution in [2.75, 3.05) is 38.2 Å². The number of morpholine rings is 1. The zero-order valence-corrected chi connectivity index (χ0v) is 14.5. The highest BCUT2D eigenvalue weighted by atomic mass is 32.2. The van der Waals surface area contributed by atoms with E-state index in [0.717, 1.165) is 6.42 Å². The van der Waals surface area contributed by atoms with Crippen LogP contribution in [0.2, 0.25) is 0 Å². The second-order valence-electron chi connectivity index (χ2n) is 5.99. The van der Waals surface area contributed by atoms with Gasteiger partial charge in [0.2, 0.25) is 10.0 Å². The van der Waals surface area contributed by atoms with E-state index in [1.54, 1.807) is 19.1 Å². The Morgan fingerprint density at radius 2 is 2.00 bits per heavy atom.